The lowest BCUT2D eigenvalue weighted by Gasteiger charge is -2.33. The van der Waals surface area contributed by atoms with Gasteiger partial charge in [-0.1, -0.05) is 43.2 Å². The molecule has 1 aliphatic carbocycles. The first-order valence-electron chi connectivity index (χ1n) is 7.70. The van der Waals surface area contributed by atoms with Crippen molar-refractivity contribution >= 4 is 11.8 Å². The van der Waals surface area contributed by atoms with Crippen molar-refractivity contribution in [1.29, 1.82) is 0 Å². The summed E-state index contributed by atoms with van der Waals surface area (Å²) in [6.45, 7) is -0.276. The number of hydrogen-bond donors (Lipinski definition) is 2. The lowest BCUT2D eigenvalue weighted by molar-refractivity contribution is -0.140. The molecule has 0 heterocycles. The molecule has 0 aliphatic heterocycles. The molecule has 0 radical (unpaired) electrons. The molecular weight excluding hydrogens is 280 g/mol. The van der Waals surface area contributed by atoms with Crippen molar-refractivity contribution in [3.8, 4) is 0 Å². The highest BCUT2D eigenvalue weighted by atomic mass is 16.3. The Balaban J connectivity index is 2.19. The van der Waals surface area contributed by atoms with Crippen molar-refractivity contribution in [2.75, 3.05) is 20.7 Å². The quantitative estimate of drug-likeness (QED) is 0.861. The molecule has 0 aromatic heterocycles. The van der Waals surface area contributed by atoms with E-state index in [2.05, 4.69) is 5.32 Å². The second kappa shape index (κ2) is 6.92. The Bertz CT molecular complexity index is 522. The maximum atomic E-state index is 12.6. The fourth-order valence-corrected chi connectivity index (χ4v) is 3.15. The van der Waals surface area contributed by atoms with Crippen LogP contribution >= 0.6 is 0 Å². The lowest BCUT2D eigenvalue weighted by Crippen LogP contribution is -2.57. The average molecular weight is 304 g/mol. The molecule has 1 aromatic carbocycles. The molecule has 2 rings (SSSR count). The van der Waals surface area contributed by atoms with Crippen LogP contribution in [0, 0.1) is 0 Å². The number of hydrogen-bond acceptors (Lipinski definition) is 3. The van der Waals surface area contributed by atoms with Crippen LogP contribution < -0.4 is 5.32 Å². The zero-order chi connectivity index (χ0) is 16.2. The van der Waals surface area contributed by atoms with Crippen molar-refractivity contribution in [2.24, 2.45) is 0 Å². The summed E-state index contributed by atoms with van der Waals surface area (Å²) in [6.07, 6.45) is 3.16. The largest absolute Gasteiger partial charge is 0.395 e. The van der Waals surface area contributed by atoms with Gasteiger partial charge in [0.2, 0.25) is 11.8 Å². The van der Waals surface area contributed by atoms with Crippen LogP contribution in [0.4, 0.5) is 0 Å². The van der Waals surface area contributed by atoms with Crippen LogP contribution in [0.1, 0.15) is 37.2 Å². The van der Waals surface area contributed by atoms with E-state index in [0.717, 1.165) is 18.4 Å². The maximum Gasteiger partial charge on any atom is 0.247 e. The standard InChI is InChI=1S/C17H24N2O3/c1-19(2)16(22)17(10-6-7-11-17)18-15(21)14(12-20)13-8-4-3-5-9-13/h3-5,8-9,14,20H,6-7,10-12H2,1-2H3,(H,18,21). The highest BCUT2D eigenvalue weighted by Gasteiger charge is 2.44. The molecule has 1 atom stereocenters. The Kier molecular flexibility index (Phi) is 5.19. The third kappa shape index (κ3) is 3.30. The molecule has 1 unspecified atom stereocenters. The molecule has 0 bridgehead atoms. The molecule has 1 saturated carbocycles. The molecule has 1 aromatic rings. The number of nitrogens with zero attached hydrogens (tertiary/aromatic N) is 1. The van der Waals surface area contributed by atoms with E-state index in [0.29, 0.717) is 12.8 Å². The first-order chi connectivity index (χ1) is 10.5. The van der Waals surface area contributed by atoms with Crippen molar-refractivity contribution < 1.29 is 14.7 Å². The molecule has 2 amide bonds. The molecule has 5 nitrogen and oxygen atoms in total. The normalized spacial score (nSPS) is 17.8. The van der Waals surface area contributed by atoms with Crippen LogP contribution in [0.25, 0.3) is 0 Å². The Hall–Kier alpha value is -1.88. The first kappa shape index (κ1) is 16.5. The summed E-state index contributed by atoms with van der Waals surface area (Å²) in [7, 11) is 3.41. The third-order valence-electron chi connectivity index (χ3n) is 4.34. The van der Waals surface area contributed by atoms with Crippen molar-refractivity contribution in [2.45, 2.75) is 37.1 Å². The topological polar surface area (TPSA) is 69.6 Å². The summed E-state index contributed by atoms with van der Waals surface area (Å²) < 4.78 is 0. The SMILES string of the molecule is CN(C)C(=O)C1(NC(=O)C(CO)c2ccccc2)CCCC1. The fourth-order valence-electron chi connectivity index (χ4n) is 3.15. The number of nitrogens with one attached hydrogen (secondary N) is 1. The second-order valence-corrected chi connectivity index (χ2v) is 6.12. The Morgan fingerprint density at radius 2 is 1.82 bits per heavy atom. The Morgan fingerprint density at radius 3 is 2.32 bits per heavy atom. The number of aliphatic hydroxyl groups excluding tert-OH is 1. The van der Waals surface area contributed by atoms with Crippen molar-refractivity contribution in [1.82, 2.24) is 10.2 Å². The highest BCUT2D eigenvalue weighted by molar-refractivity contribution is 5.93. The number of amides is 2. The highest BCUT2D eigenvalue weighted by Crippen LogP contribution is 2.32. The maximum absolute atomic E-state index is 12.6. The summed E-state index contributed by atoms with van der Waals surface area (Å²) in [5.41, 5.74) is -0.0593. The zero-order valence-electron chi connectivity index (χ0n) is 13.2. The van der Waals surface area contributed by atoms with E-state index in [9.17, 15) is 14.7 Å². The van der Waals surface area contributed by atoms with Crippen LogP contribution in [0.3, 0.4) is 0 Å². The van der Waals surface area contributed by atoms with E-state index in [1.54, 1.807) is 14.1 Å². The number of likely N-dealkylation sites (N-methyl/N-ethyl adjacent to an activating group) is 1. The van der Waals surface area contributed by atoms with Gasteiger partial charge in [0.1, 0.15) is 5.54 Å². The second-order valence-electron chi connectivity index (χ2n) is 6.12. The molecule has 120 valence electrons. The number of carbonyl (C=O) groups excluding carboxylic acids is 2. The fraction of sp³-hybridized carbons (Fsp3) is 0.529. The minimum Gasteiger partial charge on any atom is -0.395 e. The molecule has 1 fully saturated rings. The molecule has 5 heteroatoms. The van der Waals surface area contributed by atoms with Gasteiger partial charge in [0.05, 0.1) is 12.5 Å². The molecule has 22 heavy (non-hydrogen) atoms. The molecule has 0 saturated heterocycles. The zero-order valence-corrected chi connectivity index (χ0v) is 13.2. The number of rotatable bonds is 5. The van der Waals surface area contributed by atoms with E-state index >= 15 is 0 Å². The van der Waals surface area contributed by atoms with Crippen molar-refractivity contribution in [3.05, 3.63) is 35.9 Å². The summed E-state index contributed by atoms with van der Waals surface area (Å²) in [5, 5.41) is 12.5. The van der Waals surface area contributed by atoms with E-state index in [4.69, 9.17) is 0 Å². The van der Waals surface area contributed by atoms with Gasteiger partial charge < -0.3 is 15.3 Å². The van der Waals surface area contributed by atoms with Gasteiger partial charge in [-0.3, -0.25) is 9.59 Å². The summed E-state index contributed by atoms with van der Waals surface area (Å²) in [5.74, 6) is -0.998. The number of benzene rings is 1. The van der Waals surface area contributed by atoms with E-state index < -0.39 is 11.5 Å². The van der Waals surface area contributed by atoms with Gasteiger partial charge in [0, 0.05) is 14.1 Å². The third-order valence-corrected chi connectivity index (χ3v) is 4.34. The number of aliphatic hydroxyl groups is 1. The predicted octanol–water partition coefficient (Wildman–Crippen LogP) is 1.28. The number of carbonyl (C=O) groups is 2. The molecule has 2 N–H and O–H groups in total. The smallest absolute Gasteiger partial charge is 0.247 e. The van der Waals surface area contributed by atoms with Crippen LogP contribution in [0.5, 0.6) is 0 Å². The Morgan fingerprint density at radius 1 is 1.23 bits per heavy atom. The van der Waals surface area contributed by atoms with Crippen molar-refractivity contribution in [3.63, 3.8) is 0 Å². The summed E-state index contributed by atoms with van der Waals surface area (Å²) in [6, 6.07) is 9.16. The lowest BCUT2D eigenvalue weighted by atomic mass is 9.92. The van der Waals surface area contributed by atoms with Crippen LogP contribution in [0.2, 0.25) is 0 Å². The van der Waals surface area contributed by atoms with Gasteiger partial charge in [-0.25, -0.2) is 0 Å². The molecule has 1 aliphatic rings. The summed E-state index contributed by atoms with van der Waals surface area (Å²) in [4.78, 5) is 26.6. The van der Waals surface area contributed by atoms with Gasteiger partial charge >= 0.3 is 0 Å². The monoisotopic (exact) mass is 304 g/mol. The van der Waals surface area contributed by atoms with Crippen LogP contribution in [-0.2, 0) is 9.59 Å². The van der Waals surface area contributed by atoms with E-state index in [1.807, 2.05) is 30.3 Å². The molecule has 0 spiro atoms. The Labute approximate surface area is 131 Å². The van der Waals surface area contributed by atoms with Gasteiger partial charge in [-0.2, -0.15) is 0 Å². The minimum atomic E-state index is -0.817. The minimum absolute atomic E-state index is 0.0666. The first-order valence-corrected chi connectivity index (χ1v) is 7.70. The molecular formula is C17H24N2O3. The van der Waals surface area contributed by atoms with Crippen LogP contribution in [0.15, 0.2) is 30.3 Å². The van der Waals surface area contributed by atoms with Gasteiger partial charge in [-0.05, 0) is 18.4 Å². The van der Waals surface area contributed by atoms with Gasteiger partial charge in [0.25, 0.3) is 0 Å². The average Bonchev–Trinajstić information content (AvgIpc) is 2.97. The van der Waals surface area contributed by atoms with Crippen LogP contribution in [-0.4, -0.2) is 48.1 Å². The van der Waals surface area contributed by atoms with E-state index in [1.165, 1.54) is 4.90 Å². The predicted molar refractivity (Wildman–Crippen MR) is 84.3 cm³/mol. The van der Waals surface area contributed by atoms with E-state index in [-0.39, 0.29) is 18.4 Å². The van der Waals surface area contributed by atoms with Gasteiger partial charge in [-0.15, -0.1) is 0 Å². The summed E-state index contributed by atoms with van der Waals surface area (Å²) >= 11 is 0. The van der Waals surface area contributed by atoms with Gasteiger partial charge in [0.15, 0.2) is 0 Å².